The van der Waals surface area contributed by atoms with Crippen LogP contribution in [0, 0.1) is 5.92 Å². The summed E-state index contributed by atoms with van der Waals surface area (Å²) in [6.07, 6.45) is 3.74. The molecule has 0 aliphatic carbocycles. The topological polar surface area (TPSA) is 76.5 Å². The highest BCUT2D eigenvalue weighted by molar-refractivity contribution is 5.90. The molecule has 2 aromatic rings. The molecule has 0 radical (unpaired) electrons. The molecule has 1 aliphatic heterocycles. The third kappa shape index (κ3) is 4.09. The quantitative estimate of drug-likeness (QED) is 0.757. The highest BCUT2D eigenvalue weighted by Gasteiger charge is 2.45. The van der Waals surface area contributed by atoms with Gasteiger partial charge in [-0.15, -0.1) is 0 Å². The first kappa shape index (κ1) is 20.1. The summed E-state index contributed by atoms with van der Waals surface area (Å²) in [5.74, 6) is 0.160. The number of hydrogen-bond donors (Lipinski definition) is 1. The second kappa shape index (κ2) is 9.01. The lowest BCUT2D eigenvalue weighted by molar-refractivity contribution is -0.129. The molecule has 1 aromatic heterocycles. The molecule has 2 amide bonds. The maximum absolute atomic E-state index is 13.0. The molecule has 1 N–H and O–H groups in total. The van der Waals surface area contributed by atoms with Crippen molar-refractivity contribution in [2.24, 2.45) is 13.0 Å². The Morgan fingerprint density at radius 2 is 2.04 bits per heavy atom. The molecule has 1 fully saturated rings. The van der Waals surface area contributed by atoms with Crippen LogP contribution in [0.2, 0.25) is 0 Å². The summed E-state index contributed by atoms with van der Waals surface area (Å²) in [6, 6.07) is 7.57. The zero-order valence-electron chi connectivity index (χ0n) is 16.7. The summed E-state index contributed by atoms with van der Waals surface area (Å²) < 4.78 is 7.39. The first-order valence-corrected chi connectivity index (χ1v) is 9.75. The van der Waals surface area contributed by atoms with Gasteiger partial charge in [0.2, 0.25) is 11.8 Å². The van der Waals surface area contributed by atoms with Gasteiger partial charge >= 0.3 is 0 Å². The number of carbonyl (C=O) groups is 2. The molecule has 2 heterocycles. The van der Waals surface area contributed by atoms with Gasteiger partial charge in [0.15, 0.2) is 0 Å². The molecule has 7 heteroatoms. The van der Waals surface area contributed by atoms with Crippen molar-refractivity contribution in [2.75, 3.05) is 13.2 Å². The first-order valence-electron chi connectivity index (χ1n) is 9.75. The Labute approximate surface area is 165 Å². The van der Waals surface area contributed by atoms with Crippen LogP contribution < -0.4 is 5.32 Å². The summed E-state index contributed by atoms with van der Waals surface area (Å²) in [6.45, 7) is 6.01. The van der Waals surface area contributed by atoms with Gasteiger partial charge in [-0.25, -0.2) is 4.98 Å². The summed E-state index contributed by atoms with van der Waals surface area (Å²) >= 11 is 0. The molecule has 150 valence electrons. The number of amides is 2. The van der Waals surface area contributed by atoms with Gasteiger partial charge in [0.25, 0.3) is 0 Å². The van der Waals surface area contributed by atoms with Crippen molar-refractivity contribution in [1.82, 2.24) is 19.8 Å². The number of benzene rings is 1. The minimum atomic E-state index is -0.451. The van der Waals surface area contributed by atoms with E-state index in [0.717, 1.165) is 17.0 Å². The lowest BCUT2D eigenvalue weighted by atomic mass is 9.98. The highest BCUT2D eigenvalue weighted by atomic mass is 16.5. The van der Waals surface area contributed by atoms with Crippen LogP contribution in [0.25, 0.3) is 0 Å². The van der Waals surface area contributed by atoms with E-state index in [4.69, 9.17) is 4.74 Å². The van der Waals surface area contributed by atoms with Crippen molar-refractivity contribution in [2.45, 2.75) is 39.5 Å². The number of nitrogens with zero attached hydrogens (tertiary/aromatic N) is 3. The maximum Gasteiger partial charge on any atom is 0.226 e. The Hall–Kier alpha value is -2.67. The number of nitrogens with one attached hydrogen (secondary N) is 1. The third-order valence-corrected chi connectivity index (χ3v) is 5.27. The van der Waals surface area contributed by atoms with Crippen LogP contribution in [-0.2, 0) is 34.5 Å². The molecular weight excluding hydrogens is 356 g/mol. The van der Waals surface area contributed by atoms with Gasteiger partial charge in [0.05, 0.1) is 12.5 Å². The number of carbonyl (C=O) groups excluding carboxylic acids is 2. The van der Waals surface area contributed by atoms with Crippen molar-refractivity contribution in [1.29, 1.82) is 0 Å². The van der Waals surface area contributed by atoms with Gasteiger partial charge < -0.3 is 19.5 Å². The average molecular weight is 384 g/mol. The average Bonchev–Trinajstić information content (AvgIpc) is 3.27. The van der Waals surface area contributed by atoms with Crippen molar-refractivity contribution in [3.63, 3.8) is 0 Å². The van der Waals surface area contributed by atoms with Crippen molar-refractivity contribution in [3.05, 3.63) is 53.6 Å². The highest BCUT2D eigenvalue weighted by Crippen LogP contribution is 2.37. The molecule has 1 saturated heterocycles. The predicted octanol–water partition coefficient (Wildman–Crippen LogP) is 2.18. The molecule has 0 unspecified atom stereocenters. The second-order valence-corrected chi connectivity index (χ2v) is 6.96. The van der Waals surface area contributed by atoms with Gasteiger partial charge in [0.1, 0.15) is 11.9 Å². The summed E-state index contributed by atoms with van der Waals surface area (Å²) in [5.41, 5.74) is 2.08. The molecule has 1 aromatic carbocycles. The summed E-state index contributed by atoms with van der Waals surface area (Å²) in [4.78, 5) is 31.6. The minimum absolute atomic E-state index is 0.00704. The van der Waals surface area contributed by atoms with Crippen LogP contribution in [0.4, 0.5) is 0 Å². The van der Waals surface area contributed by atoms with Crippen LogP contribution >= 0.6 is 0 Å². The molecule has 0 spiro atoms. The minimum Gasteiger partial charge on any atom is -0.377 e. The lowest BCUT2D eigenvalue weighted by Crippen LogP contribution is -2.36. The Kier molecular flexibility index (Phi) is 6.46. The molecule has 0 saturated carbocycles. The molecule has 28 heavy (non-hydrogen) atoms. The molecule has 1 aliphatic rings. The largest absolute Gasteiger partial charge is 0.377 e. The molecule has 0 bridgehead atoms. The van der Waals surface area contributed by atoms with E-state index in [0.29, 0.717) is 26.3 Å². The van der Waals surface area contributed by atoms with E-state index in [9.17, 15) is 9.59 Å². The standard InChI is InChI=1S/C21H28N4O3/c1-4-25-18(26)12-17(19(25)20-22-10-11-24(20)3)21(27)23-13-15-8-6-7-9-16(15)14-28-5-2/h6-11,17,19H,4-5,12-14H2,1-3H3,(H,23,27)/t17-,19-/m0/s1. The number of likely N-dealkylation sites (tertiary alicyclic amines) is 1. The Morgan fingerprint density at radius 3 is 2.68 bits per heavy atom. The van der Waals surface area contributed by atoms with E-state index in [1.54, 1.807) is 11.1 Å². The Balaban J connectivity index is 1.75. The van der Waals surface area contributed by atoms with E-state index in [1.165, 1.54) is 0 Å². The van der Waals surface area contributed by atoms with E-state index >= 15 is 0 Å². The SMILES string of the molecule is CCOCc1ccccc1CNC(=O)[C@H]1CC(=O)N(CC)[C@@H]1c1nccn1C. The van der Waals surface area contributed by atoms with Gasteiger partial charge in [-0.2, -0.15) is 0 Å². The number of aromatic nitrogens is 2. The Bertz CT molecular complexity index is 833. The van der Waals surface area contributed by atoms with Crippen molar-refractivity contribution < 1.29 is 14.3 Å². The van der Waals surface area contributed by atoms with Crippen LogP contribution in [0.3, 0.4) is 0 Å². The van der Waals surface area contributed by atoms with Crippen molar-refractivity contribution in [3.8, 4) is 0 Å². The second-order valence-electron chi connectivity index (χ2n) is 6.96. The van der Waals surface area contributed by atoms with E-state index in [1.807, 2.05) is 55.9 Å². The number of aryl methyl sites for hydroxylation is 1. The Morgan fingerprint density at radius 1 is 1.29 bits per heavy atom. The van der Waals surface area contributed by atoms with Crippen LogP contribution in [0.15, 0.2) is 36.7 Å². The molecular formula is C21H28N4O3. The zero-order chi connectivity index (χ0) is 20.1. The fourth-order valence-corrected chi connectivity index (χ4v) is 3.78. The van der Waals surface area contributed by atoms with E-state index < -0.39 is 5.92 Å². The fourth-order valence-electron chi connectivity index (χ4n) is 3.78. The number of imidazole rings is 1. The van der Waals surface area contributed by atoms with Crippen LogP contribution in [-0.4, -0.2) is 39.4 Å². The summed E-state index contributed by atoms with van der Waals surface area (Å²) in [5, 5.41) is 3.02. The summed E-state index contributed by atoms with van der Waals surface area (Å²) in [7, 11) is 1.89. The van der Waals surface area contributed by atoms with Crippen LogP contribution in [0.1, 0.15) is 43.3 Å². The number of rotatable bonds is 8. The lowest BCUT2D eigenvalue weighted by Gasteiger charge is -2.26. The first-order chi connectivity index (χ1) is 13.6. The number of ether oxygens (including phenoxy) is 1. The third-order valence-electron chi connectivity index (χ3n) is 5.27. The number of hydrogen-bond acceptors (Lipinski definition) is 4. The monoisotopic (exact) mass is 384 g/mol. The van der Waals surface area contributed by atoms with E-state index in [-0.39, 0.29) is 24.3 Å². The van der Waals surface area contributed by atoms with Gasteiger partial charge in [-0.3, -0.25) is 9.59 Å². The van der Waals surface area contributed by atoms with Crippen molar-refractivity contribution >= 4 is 11.8 Å². The maximum atomic E-state index is 13.0. The smallest absolute Gasteiger partial charge is 0.226 e. The normalized spacial score (nSPS) is 19.2. The fraction of sp³-hybridized carbons (Fsp3) is 0.476. The van der Waals surface area contributed by atoms with Gasteiger partial charge in [-0.05, 0) is 25.0 Å². The van der Waals surface area contributed by atoms with Gasteiger partial charge in [-0.1, -0.05) is 24.3 Å². The molecule has 2 atom stereocenters. The zero-order valence-corrected chi connectivity index (χ0v) is 16.7. The van der Waals surface area contributed by atoms with Crippen LogP contribution in [0.5, 0.6) is 0 Å². The van der Waals surface area contributed by atoms with Gasteiger partial charge in [0, 0.05) is 45.6 Å². The van der Waals surface area contributed by atoms with E-state index in [2.05, 4.69) is 10.3 Å². The molecule has 7 nitrogen and oxygen atoms in total. The molecule has 3 rings (SSSR count). The predicted molar refractivity (Wildman–Crippen MR) is 105 cm³/mol.